The Hall–Kier alpha value is -3.53. The van der Waals surface area contributed by atoms with E-state index in [9.17, 15) is 19.2 Å². The molecule has 2 aromatic heterocycles. The number of benzene rings is 1. The fourth-order valence-corrected chi connectivity index (χ4v) is 3.70. The standard InChI is InChI=1S/C16H11N5O4S/c1-6(22)18-16-19-9-4-7(2-3-10(9)26-16)21-11(23)5-8-12(13(21)17)15(25)20-14(8)24/h2-5H,17H2,1H3,(H,18,19,22)(H,20,24,25). The molecule has 0 fully saturated rings. The van der Waals surface area contributed by atoms with E-state index < -0.39 is 17.4 Å². The summed E-state index contributed by atoms with van der Waals surface area (Å²) in [6.07, 6.45) is 0. The Bertz CT molecular complexity index is 1190. The molecule has 1 aliphatic heterocycles. The number of nitrogens with one attached hydrogen (secondary N) is 2. The Balaban J connectivity index is 1.89. The molecule has 0 aliphatic carbocycles. The van der Waals surface area contributed by atoms with Crippen molar-refractivity contribution in [1.29, 1.82) is 0 Å². The second-order valence-electron chi connectivity index (χ2n) is 5.63. The summed E-state index contributed by atoms with van der Waals surface area (Å²) < 4.78 is 1.95. The molecule has 0 unspecified atom stereocenters. The Morgan fingerprint density at radius 3 is 2.73 bits per heavy atom. The monoisotopic (exact) mass is 369 g/mol. The lowest BCUT2D eigenvalue weighted by atomic mass is 10.1. The number of pyridine rings is 1. The molecule has 9 nitrogen and oxygen atoms in total. The maximum Gasteiger partial charge on any atom is 0.262 e. The molecule has 0 spiro atoms. The largest absolute Gasteiger partial charge is 0.384 e. The highest BCUT2D eigenvalue weighted by Crippen LogP contribution is 2.29. The number of nitrogens with zero attached hydrogens (tertiary/aromatic N) is 2. The summed E-state index contributed by atoms with van der Waals surface area (Å²) in [4.78, 5) is 51.6. The van der Waals surface area contributed by atoms with Crippen LogP contribution in [0.15, 0.2) is 29.1 Å². The van der Waals surface area contributed by atoms with E-state index in [1.54, 1.807) is 18.2 Å². The number of amides is 3. The van der Waals surface area contributed by atoms with Crippen molar-refractivity contribution in [3.05, 3.63) is 45.7 Å². The molecule has 1 aliphatic rings. The average molecular weight is 369 g/mol. The van der Waals surface area contributed by atoms with Crippen molar-refractivity contribution in [2.45, 2.75) is 6.92 Å². The molecule has 10 heteroatoms. The molecule has 3 heterocycles. The maximum atomic E-state index is 12.5. The minimum atomic E-state index is -0.643. The van der Waals surface area contributed by atoms with Crippen molar-refractivity contribution in [1.82, 2.24) is 14.9 Å². The first-order valence-corrected chi connectivity index (χ1v) is 8.26. The first kappa shape index (κ1) is 16.0. The van der Waals surface area contributed by atoms with Crippen LogP contribution < -0.4 is 21.9 Å². The van der Waals surface area contributed by atoms with Gasteiger partial charge in [0, 0.05) is 13.0 Å². The molecular weight excluding hydrogens is 358 g/mol. The zero-order valence-electron chi connectivity index (χ0n) is 13.3. The van der Waals surface area contributed by atoms with Gasteiger partial charge in [-0.15, -0.1) is 0 Å². The summed E-state index contributed by atoms with van der Waals surface area (Å²) in [6, 6.07) is 6.09. The van der Waals surface area contributed by atoms with Gasteiger partial charge in [-0.25, -0.2) is 4.98 Å². The van der Waals surface area contributed by atoms with Crippen LogP contribution in [0.4, 0.5) is 10.9 Å². The number of carbonyl (C=O) groups is 3. The normalized spacial score (nSPS) is 13.0. The number of rotatable bonds is 2. The number of hydrogen-bond acceptors (Lipinski definition) is 7. The molecule has 26 heavy (non-hydrogen) atoms. The van der Waals surface area contributed by atoms with E-state index in [-0.39, 0.29) is 22.9 Å². The molecule has 3 amide bonds. The Morgan fingerprint density at radius 2 is 2.00 bits per heavy atom. The Morgan fingerprint density at radius 1 is 1.23 bits per heavy atom. The third-order valence-electron chi connectivity index (χ3n) is 3.87. The fourth-order valence-electron chi connectivity index (χ4n) is 2.80. The summed E-state index contributed by atoms with van der Waals surface area (Å²) in [6.45, 7) is 1.38. The number of thiazole rings is 1. The van der Waals surface area contributed by atoms with Gasteiger partial charge in [-0.2, -0.15) is 0 Å². The van der Waals surface area contributed by atoms with Crippen LogP contribution in [-0.2, 0) is 4.79 Å². The van der Waals surface area contributed by atoms with Gasteiger partial charge >= 0.3 is 0 Å². The molecule has 3 aromatic rings. The van der Waals surface area contributed by atoms with E-state index >= 15 is 0 Å². The van der Waals surface area contributed by atoms with Gasteiger partial charge in [0.2, 0.25) is 5.91 Å². The molecule has 4 rings (SSSR count). The van der Waals surface area contributed by atoms with E-state index in [0.29, 0.717) is 16.3 Å². The number of fused-ring (bicyclic) bond motifs is 2. The third kappa shape index (κ3) is 2.35. The van der Waals surface area contributed by atoms with Crippen LogP contribution in [0.25, 0.3) is 15.9 Å². The molecular formula is C16H11N5O4S. The smallest absolute Gasteiger partial charge is 0.262 e. The topological polar surface area (TPSA) is 136 Å². The van der Waals surface area contributed by atoms with Crippen molar-refractivity contribution in [2.24, 2.45) is 0 Å². The van der Waals surface area contributed by atoms with Crippen molar-refractivity contribution in [2.75, 3.05) is 11.1 Å². The highest BCUT2D eigenvalue weighted by Gasteiger charge is 2.31. The van der Waals surface area contributed by atoms with E-state index in [4.69, 9.17) is 5.73 Å². The predicted octanol–water partition coefficient (Wildman–Crippen LogP) is 0.871. The molecule has 0 atom stereocenters. The summed E-state index contributed by atoms with van der Waals surface area (Å²) in [5.41, 5.74) is 6.38. The molecule has 0 saturated heterocycles. The van der Waals surface area contributed by atoms with Crippen LogP contribution in [0, 0.1) is 0 Å². The number of aromatic nitrogens is 2. The van der Waals surface area contributed by atoms with Gasteiger partial charge in [0.25, 0.3) is 17.4 Å². The number of imide groups is 1. The lowest BCUT2D eigenvalue weighted by Gasteiger charge is -2.11. The second kappa shape index (κ2) is 5.49. The van der Waals surface area contributed by atoms with Crippen LogP contribution in [0.5, 0.6) is 0 Å². The molecule has 130 valence electrons. The second-order valence-corrected chi connectivity index (χ2v) is 6.66. The zero-order chi connectivity index (χ0) is 18.6. The van der Waals surface area contributed by atoms with E-state index in [1.165, 1.54) is 18.3 Å². The number of nitrogen functional groups attached to an aromatic ring is 1. The fraction of sp³-hybridized carbons (Fsp3) is 0.0625. The van der Waals surface area contributed by atoms with Crippen LogP contribution in [-0.4, -0.2) is 27.3 Å². The SMILES string of the molecule is CC(=O)Nc1nc2cc(-n3c(N)c4c(cc3=O)C(=O)NC4=O)ccc2s1. The average Bonchev–Trinajstić information content (AvgIpc) is 3.06. The Kier molecular flexibility index (Phi) is 3.37. The van der Waals surface area contributed by atoms with E-state index in [0.717, 1.165) is 15.3 Å². The summed E-state index contributed by atoms with van der Waals surface area (Å²) in [7, 11) is 0. The summed E-state index contributed by atoms with van der Waals surface area (Å²) in [5, 5.41) is 5.16. The van der Waals surface area contributed by atoms with Crippen molar-refractivity contribution < 1.29 is 14.4 Å². The summed E-state index contributed by atoms with van der Waals surface area (Å²) >= 11 is 1.29. The molecule has 0 radical (unpaired) electrons. The first-order chi connectivity index (χ1) is 12.3. The molecule has 0 saturated carbocycles. The van der Waals surface area contributed by atoms with Gasteiger partial charge in [0.05, 0.1) is 27.0 Å². The summed E-state index contributed by atoms with van der Waals surface area (Å²) in [5.74, 6) is -1.64. The Labute approximate surface area is 149 Å². The van der Waals surface area contributed by atoms with Crippen LogP contribution in [0.2, 0.25) is 0 Å². The first-order valence-electron chi connectivity index (χ1n) is 7.45. The number of nitrogens with two attached hydrogens (primary N) is 1. The van der Waals surface area contributed by atoms with Crippen LogP contribution in [0.1, 0.15) is 27.6 Å². The van der Waals surface area contributed by atoms with E-state index in [2.05, 4.69) is 15.6 Å². The predicted molar refractivity (Wildman–Crippen MR) is 95.7 cm³/mol. The number of carbonyl (C=O) groups excluding carboxylic acids is 3. The van der Waals surface area contributed by atoms with Crippen molar-refractivity contribution in [3.63, 3.8) is 0 Å². The van der Waals surface area contributed by atoms with Crippen molar-refractivity contribution >= 4 is 50.2 Å². The lowest BCUT2D eigenvalue weighted by Crippen LogP contribution is -2.24. The highest BCUT2D eigenvalue weighted by atomic mass is 32.1. The van der Waals surface area contributed by atoms with Gasteiger partial charge in [-0.05, 0) is 18.2 Å². The van der Waals surface area contributed by atoms with Gasteiger partial charge in [-0.3, -0.25) is 29.1 Å². The quantitative estimate of drug-likeness (QED) is 0.574. The molecule has 1 aromatic carbocycles. The van der Waals surface area contributed by atoms with E-state index in [1.807, 2.05) is 0 Å². The lowest BCUT2D eigenvalue weighted by molar-refractivity contribution is -0.114. The van der Waals surface area contributed by atoms with Crippen LogP contribution >= 0.6 is 11.3 Å². The number of hydrogen-bond donors (Lipinski definition) is 3. The molecule has 4 N–H and O–H groups in total. The minimum Gasteiger partial charge on any atom is -0.384 e. The maximum absolute atomic E-state index is 12.5. The van der Waals surface area contributed by atoms with Crippen LogP contribution in [0.3, 0.4) is 0 Å². The van der Waals surface area contributed by atoms with Gasteiger partial charge in [-0.1, -0.05) is 11.3 Å². The van der Waals surface area contributed by atoms with Crippen molar-refractivity contribution in [3.8, 4) is 5.69 Å². The molecule has 0 bridgehead atoms. The van der Waals surface area contributed by atoms with Gasteiger partial charge < -0.3 is 11.1 Å². The zero-order valence-corrected chi connectivity index (χ0v) is 14.1. The van der Waals surface area contributed by atoms with Gasteiger partial charge in [0.15, 0.2) is 5.13 Å². The number of anilines is 2. The third-order valence-corrected chi connectivity index (χ3v) is 4.82. The minimum absolute atomic E-state index is 0.0214. The van der Waals surface area contributed by atoms with Gasteiger partial charge in [0.1, 0.15) is 5.82 Å². The highest BCUT2D eigenvalue weighted by molar-refractivity contribution is 7.22.